The van der Waals surface area contributed by atoms with Gasteiger partial charge in [-0.2, -0.15) is 0 Å². The fraction of sp³-hybridized carbons (Fsp3) is 0.789. The van der Waals surface area contributed by atoms with Crippen LogP contribution in [0.1, 0.15) is 46.5 Å². The fourth-order valence-corrected chi connectivity index (χ4v) is 3.16. The van der Waals surface area contributed by atoms with E-state index < -0.39 is 11.0 Å². The molecule has 2 aliphatic rings. The number of hydrogen-bond donors (Lipinski definition) is 1. The summed E-state index contributed by atoms with van der Waals surface area (Å²) in [7, 11) is 0. The number of aliphatic hydroxyl groups is 1. The number of carbonyl (C=O) groups excluding carboxylic acids is 2. The molecule has 1 heterocycles. The molecule has 0 bridgehead atoms. The first kappa shape index (κ1) is 20.6. The second kappa shape index (κ2) is 8.29. The second-order valence-electron chi connectivity index (χ2n) is 8.35. The minimum Gasteiger partial charge on any atom is -0.445 e. The zero-order valence-electron chi connectivity index (χ0n) is 16.2. The van der Waals surface area contributed by atoms with Gasteiger partial charge >= 0.3 is 12.2 Å². The Morgan fingerprint density at radius 2 is 1.92 bits per heavy atom. The van der Waals surface area contributed by atoms with Crippen molar-refractivity contribution < 1.29 is 24.2 Å². The molecule has 0 spiro atoms. The molecule has 26 heavy (non-hydrogen) atoms. The van der Waals surface area contributed by atoms with Crippen LogP contribution in [0.3, 0.4) is 0 Å². The van der Waals surface area contributed by atoms with E-state index in [9.17, 15) is 14.7 Å². The SMILES string of the molecule is C=CCOC(=O)N(CC1(CO)CCN(C(=O)OC(C)(C)C)CC1)C1CC1. The maximum atomic E-state index is 12.3. The lowest BCUT2D eigenvalue weighted by Crippen LogP contribution is -2.52. The fourth-order valence-electron chi connectivity index (χ4n) is 3.16. The number of carbonyl (C=O) groups is 2. The van der Waals surface area contributed by atoms with Crippen LogP contribution in [0.4, 0.5) is 9.59 Å². The summed E-state index contributed by atoms with van der Waals surface area (Å²) in [6, 6.07) is 0.194. The maximum absolute atomic E-state index is 12.3. The van der Waals surface area contributed by atoms with E-state index in [4.69, 9.17) is 9.47 Å². The van der Waals surface area contributed by atoms with Gasteiger partial charge in [-0.1, -0.05) is 12.7 Å². The van der Waals surface area contributed by atoms with Gasteiger partial charge in [0.15, 0.2) is 0 Å². The van der Waals surface area contributed by atoms with E-state index in [0.717, 1.165) is 12.8 Å². The highest BCUT2D eigenvalue weighted by Crippen LogP contribution is 2.37. The Kier molecular flexibility index (Phi) is 6.55. The van der Waals surface area contributed by atoms with Crippen LogP contribution in [0, 0.1) is 5.41 Å². The average molecular weight is 368 g/mol. The van der Waals surface area contributed by atoms with E-state index in [1.165, 1.54) is 0 Å². The van der Waals surface area contributed by atoms with Crippen LogP contribution >= 0.6 is 0 Å². The summed E-state index contributed by atoms with van der Waals surface area (Å²) < 4.78 is 10.6. The molecule has 148 valence electrons. The molecule has 1 N–H and O–H groups in total. The molecular weight excluding hydrogens is 336 g/mol. The van der Waals surface area contributed by atoms with Gasteiger partial charge < -0.3 is 24.4 Å². The molecule has 2 amide bonds. The number of rotatable bonds is 6. The number of piperidine rings is 1. The molecule has 7 heteroatoms. The number of ether oxygens (including phenoxy) is 2. The van der Waals surface area contributed by atoms with Gasteiger partial charge in [0.25, 0.3) is 0 Å². The Labute approximate surface area is 155 Å². The van der Waals surface area contributed by atoms with E-state index in [0.29, 0.717) is 32.5 Å². The molecule has 1 saturated carbocycles. The maximum Gasteiger partial charge on any atom is 0.410 e. The zero-order chi connectivity index (χ0) is 19.4. The number of amides is 2. The van der Waals surface area contributed by atoms with Crippen molar-refractivity contribution in [2.45, 2.75) is 58.1 Å². The van der Waals surface area contributed by atoms with Crippen molar-refractivity contribution in [1.29, 1.82) is 0 Å². The van der Waals surface area contributed by atoms with Crippen molar-refractivity contribution >= 4 is 12.2 Å². The Morgan fingerprint density at radius 3 is 2.38 bits per heavy atom. The molecule has 2 rings (SSSR count). The summed E-state index contributed by atoms with van der Waals surface area (Å²) in [5, 5.41) is 10.0. The Hall–Kier alpha value is -1.76. The van der Waals surface area contributed by atoms with Crippen LogP contribution in [-0.4, -0.2) is 71.6 Å². The monoisotopic (exact) mass is 368 g/mol. The van der Waals surface area contributed by atoms with Gasteiger partial charge in [0.1, 0.15) is 12.2 Å². The first-order chi connectivity index (χ1) is 12.2. The van der Waals surface area contributed by atoms with Crippen molar-refractivity contribution in [2.75, 3.05) is 32.8 Å². The van der Waals surface area contributed by atoms with Gasteiger partial charge in [-0.25, -0.2) is 9.59 Å². The van der Waals surface area contributed by atoms with Gasteiger partial charge in [0.2, 0.25) is 0 Å². The van der Waals surface area contributed by atoms with E-state index in [1.807, 2.05) is 20.8 Å². The van der Waals surface area contributed by atoms with Crippen LogP contribution in [0.15, 0.2) is 12.7 Å². The smallest absolute Gasteiger partial charge is 0.410 e. The van der Waals surface area contributed by atoms with Crippen molar-refractivity contribution in [3.05, 3.63) is 12.7 Å². The van der Waals surface area contributed by atoms with Gasteiger partial charge in [-0.3, -0.25) is 0 Å². The Morgan fingerprint density at radius 1 is 1.31 bits per heavy atom. The molecule has 0 atom stereocenters. The molecule has 0 radical (unpaired) electrons. The highest BCUT2D eigenvalue weighted by molar-refractivity contribution is 5.69. The summed E-state index contributed by atoms with van der Waals surface area (Å²) >= 11 is 0. The summed E-state index contributed by atoms with van der Waals surface area (Å²) in [4.78, 5) is 28.0. The number of nitrogens with zero attached hydrogens (tertiary/aromatic N) is 2. The van der Waals surface area contributed by atoms with Crippen molar-refractivity contribution in [3.63, 3.8) is 0 Å². The molecule has 0 aromatic rings. The van der Waals surface area contributed by atoms with Crippen LogP contribution in [0.2, 0.25) is 0 Å². The minimum atomic E-state index is -0.527. The van der Waals surface area contributed by atoms with Gasteiger partial charge in [0, 0.05) is 31.1 Å². The molecule has 2 fully saturated rings. The minimum absolute atomic E-state index is 0.0207. The number of hydrogen-bond acceptors (Lipinski definition) is 5. The molecule has 7 nitrogen and oxygen atoms in total. The van der Waals surface area contributed by atoms with E-state index in [2.05, 4.69) is 6.58 Å². The van der Waals surface area contributed by atoms with Crippen LogP contribution in [0.5, 0.6) is 0 Å². The Bertz CT molecular complexity index is 517. The van der Waals surface area contributed by atoms with E-state index >= 15 is 0 Å². The molecule has 1 aliphatic heterocycles. The van der Waals surface area contributed by atoms with Crippen LogP contribution < -0.4 is 0 Å². The first-order valence-electron chi connectivity index (χ1n) is 9.33. The van der Waals surface area contributed by atoms with Gasteiger partial charge in [-0.15, -0.1) is 0 Å². The highest BCUT2D eigenvalue weighted by atomic mass is 16.6. The van der Waals surface area contributed by atoms with Gasteiger partial charge in [-0.05, 0) is 46.5 Å². The third-order valence-electron chi connectivity index (χ3n) is 4.86. The highest BCUT2D eigenvalue weighted by Gasteiger charge is 2.43. The number of likely N-dealkylation sites (tertiary alicyclic amines) is 1. The molecule has 1 aliphatic carbocycles. The second-order valence-corrected chi connectivity index (χ2v) is 8.35. The van der Waals surface area contributed by atoms with E-state index in [1.54, 1.807) is 15.9 Å². The summed E-state index contributed by atoms with van der Waals surface area (Å²) in [5.74, 6) is 0. The molecule has 1 saturated heterocycles. The summed E-state index contributed by atoms with van der Waals surface area (Å²) in [6.45, 7) is 10.7. The normalized spacial score (nSPS) is 19.6. The van der Waals surface area contributed by atoms with Crippen molar-refractivity contribution in [1.82, 2.24) is 9.80 Å². The molecule has 0 aromatic carbocycles. The third kappa shape index (κ3) is 5.62. The van der Waals surface area contributed by atoms with Gasteiger partial charge in [0.05, 0.1) is 6.61 Å². The van der Waals surface area contributed by atoms with E-state index in [-0.39, 0.29) is 31.4 Å². The lowest BCUT2D eigenvalue weighted by molar-refractivity contribution is -0.0119. The lowest BCUT2D eigenvalue weighted by Gasteiger charge is -2.43. The summed E-state index contributed by atoms with van der Waals surface area (Å²) in [6.07, 6.45) is 4.05. The standard InChI is InChI=1S/C19H32N2O5/c1-5-12-25-17(24)21(15-6-7-15)13-19(14-22)8-10-20(11-9-19)16(23)26-18(2,3)4/h5,15,22H,1,6-14H2,2-4H3. The molecule has 0 aromatic heterocycles. The lowest BCUT2D eigenvalue weighted by atomic mass is 9.78. The summed E-state index contributed by atoms with van der Waals surface area (Å²) in [5.41, 5.74) is -0.936. The van der Waals surface area contributed by atoms with Crippen molar-refractivity contribution in [3.8, 4) is 0 Å². The third-order valence-corrected chi connectivity index (χ3v) is 4.86. The predicted octanol–water partition coefficient (Wildman–Crippen LogP) is 2.78. The molecular formula is C19H32N2O5. The largest absolute Gasteiger partial charge is 0.445 e. The predicted molar refractivity (Wildman–Crippen MR) is 97.8 cm³/mol. The zero-order valence-corrected chi connectivity index (χ0v) is 16.2. The van der Waals surface area contributed by atoms with Crippen LogP contribution in [-0.2, 0) is 9.47 Å². The number of aliphatic hydroxyl groups excluding tert-OH is 1. The quantitative estimate of drug-likeness (QED) is 0.729. The average Bonchev–Trinajstić information content (AvgIpc) is 3.41. The van der Waals surface area contributed by atoms with Crippen molar-refractivity contribution in [2.24, 2.45) is 5.41 Å². The van der Waals surface area contributed by atoms with Crippen LogP contribution in [0.25, 0.3) is 0 Å². The topological polar surface area (TPSA) is 79.3 Å². The molecule has 0 unspecified atom stereocenters. The first-order valence-corrected chi connectivity index (χ1v) is 9.33. The Balaban J connectivity index is 1.95.